The van der Waals surface area contributed by atoms with Crippen molar-refractivity contribution in [2.75, 3.05) is 31.6 Å². The van der Waals surface area contributed by atoms with Gasteiger partial charge in [0.15, 0.2) is 0 Å². The van der Waals surface area contributed by atoms with E-state index in [1.807, 2.05) is 24.3 Å². The fraction of sp³-hybridized carbons (Fsp3) is 0.600. The lowest BCUT2D eigenvalue weighted by atomic mass is 10.3. The van der Waals surface area contributed by atoms with Crippen LogP contribution in [0.4, 0.5) is 5.95 Å². The van der Waals surface area contributed by atoms with Crippen LogP contribution in [0, 0.1) is 0 Å². The third-order valence-corrected chi connectivity index (χ3v) is 4.66. The number of nitrogens with zero attached hydrogens (tertiary/aromatic N) is 3. The highest BCUT2D eigenvalue weighted by molar-refractivity contribution is 5.94. The summed E-state index contributed by atoms with van der Waals surface area (Å²) in [5, 5.41) is 2.96. The fourth-order valence-corrected chi connectivity index (χ4v) is 2.87. The van der Waals surface area contributed by atoms with E-state index in [1.54, 1.807) is 6.92 Å². The molecule has 2 rings (SSSR count). The first-order valence-corrected chi connectivity index (χ1v) is 9.70. The summed E-state index contributed by atoms with van der Waals surface area (Å²) < 4.78 is 7.69. The molecular formula is C20H32N4O2. The fourth-order valence-electron chi connectivity index (χ4n) is 2.87. The molecule has 0 fully saturated rings. The van der Waals surface area contributed by atoms with Crippen molar-refractivity contribution >= 4 is 22.9 Å². The van der Waals surface area contributed by atoms with Crippen molar-refractivity contribution in [3.63, 3.8) is 0 Å². The van der Waals surface area contributed by atoms with E-state index in [9.17, 15) is 4.79 Å². The summed E-state index contributed by atoms with van der Waals surface area (Å²) in [5.74, 6) is 0.440. The molecular weight excluding hydrogens is 328 g/mol. The number of carbonyl (C=O) groups excluding carboxylic acids is 1. The number of carbonyl (C=O) groups is 1. The van der Waals surface area contributed by atoms with Gasteiger partial charge in [0.2, 0.25) is 5.95 Å². The zero-order valence-corrected chi connectivity index (χ0v) is 16.5. The molecule has 1 heterocycles. The van der Waals surface area contributed by atoms with Crippen LogP contribution >= 0.6 is 0 Å². The Bertz CT molecular complexity index is 694. The van der Waals surface area contributed by atoms with Crippen LogP contribution in [0.1, 0.15) is 40.5 Å². The standard InChI is InChI=1S/C20H32N4O2/c1-5-8-15-26-16(4)19(25)22-20-21-17-11-9-10-12-18(17)24(20)14-13-23(6-2)7-3/h9-12,16H,5-8,13-15H2,1-4H3,(H,21,22,25). The molecule has 6 nitrogen and oxygen atoms in total. The van der Waals surface area contributed by atoms with Crippen LogP contribution < -0.4 is 5.32 Å². The van der Waals surface area contributed by atoms with Gasteiger partial charge in [-0.05, 0) is 38.6 Å². The molecule has 144 valence electrons. The van der Waals surface area contributed by atoms with E-state index < -0.39 is 6.10 Å². The van der Waals surface area contributed by atoms with E-state index in [4.69, 9.17) is 4.74 Å². The third-order valence-electron chi connectivity index (χ3n) is 4.66. The van der Waals surface area contributed by atoms with Gasteiger partial charge in [-0.2, -0.15) is 0 Å². The van der Waals surface area contributed by atoms with Crippen LogP contribution in [0.2, 0.25) is 0 Å². The molecule has 0 spiro atoms. The summed E-state index contributed by atoms with van der Waals surface area (Å²) in [6.07, 6.45) is 1.52. The van der Waals surface area contributed by atoms with E-state index in [-0.39, 0.29) is 5.91 Å². The van der Waals surface area contributed by atoms with Crippen molar-refractivity contribution < 1.29 is 9.53 Å². The third kappa shape index (κ3) is 5.29. The molecule has 1 aromatic carbocycles. The molecule has 1 unspecified atom stereocenters. The lowest BCUT2D eigenvalue weighted by Crippen LogP contribution is -2.31. The van der Waals surface area contributed by atoms with Gasteiger partial charge in [-0.25, -0.2) is 4.98 Å². The van der Waals surface area contributed by atoms with Crippen LogP contribution in [0.15, 0.2) is 24.3 Å². The number of rotatable bonds is 11. The predicted octanol–water partition coefficient (Wildman–Crippen LogP) is 3.52. The molecule has 1 atom stereocenters. The van der Waals surface area contributed by atoms with Crippen LogP contribution in [-0.2, 0) is 16.1 Å². The summed E-state index contributed by atoms with van der Waals surface area (Å²) in [7, 11) is 0. The minimum absolute atomic E-state index is 0.152. The lowest BCUT2D eigenvalue weighted by Gasteiger charge is -2.20. The Morgan fingerprint density at radius 1 is 1.27 bits per heavy atom. The van der Waals surface area contributed by atoms with Crippen molar-refractivity contribution in [1.29, 1.82) is 0 Å². The first-order valence-electron chi connectivity index (χ1n) is 9.70. The van der Waals surface area contributed by atoms with Gasteiger partial charge >= 0.3 is 0 Å². The van der Waals surface area contributed by atoms with Crippen LogP contribution in [0.25, 0.3) is 11.0 Å². The average Bonchev–Trinajstić information content (AvgIpc) is 3.00. The first-order chi connectivity index (χ1) is 12.6. The Balaban J connectivity index is 2.14. The highest BCUT2D eigenvalue weighted by Gasteiger charge is 2.18. The number of anilines is 1. The number of para-hydroxylation sites is 2. The molecule has 2 aromatic rings. The number of unbranched alkanes of at least 4 members (excludes halogenated alkanes) is 1. The van der Waals surface area contributed by atoms with Gasteiger partial charge in [0.25, 0.3) is 5.91 Å². The molecule has 0 aliphatic rings. The van der Waals surface area contributed by atoms with Crippen molar-refractivity contribution in [3.8, 4) is 0 Å². The molecule has 0 aliphatic carbocycles. The lowest BCUT2D eigenvalue weighted by molar-refractivity contribution is -0.126. The Hall–Kier alpha value is -1.92. The quantitative estimate of drug-likeness (QED) is 0.623. The monoisotopic (exact) mass is 360 g/mol. The minimum atomic E-state index is -0.488. The molecule has 1 aromatic heterocycles. The number of hydrogen-bond donors (Lipinski definition) is 1. The molecule has 26 heavy (non-hydrogen) atoms. The number of likely N-dealkylation sites (N-methyl/N-ethyl adjacent to an activating group) is 1. The largest absolute Gasteiger partial charge is 0.369 e. The maximum absolute atomic E-state index is 12.5. The van der Waals surface area contributed by atoms with Gasteiger partial charge in [-0.15, -0.1) is 0 Å². The topological polar surface area (TPSA) is 59.4 Å². The molecule has 1 amide bonds. The summed E-state index contributed by atoms with van der Waals surface area (Å²) >= 11 is 0. The van der Waals surface area contributed by atoms with Crippen LogP contribution in [-0.4, -0.2) is 52.7 Å². The van der Waals surface area contributed by atoms with Gasteiger partial charge in [0.1, 0.15) is 6.10 Å². The first kappa shape index (κ1) is 20.4. The number of imidazole rings is 1. The molecule has 0 aliphatic heterocycles. The summed E-state index contributed by atoms with van der Waals surface area (Å²) in [4.78, 5) is 19.5. The van der Waals surface area contributed by atoms with Crippen molar-refractivity contribution in [2.45, 2.75) is 53.2 Å². The second kappa shape index (κ2) is 10.3. The predicted molar refractivity (Wildman–Crippen MR) is 106 cm³/mol. The van der Waals surface area contributed by atoms with Gasteiger partial charge in [0.05, 0.1) is 11.0 Å². The molecule has 1 N–H and O–H groups in total. The summed E-state index contributed by atoms with van der Waals surface area (Å²) in [5.41, 5.74) is 1.93. The van der Waals surface area contributed by atoms with E-state index >= 15 is 0 Å². The zero-order valence-electron chi connectivity index (χ0n) is 16.5. The van der Waals surface area contributed by atoms with Gasteiger partial charge < -0.3 is 14.2 Å². The number of nitrogens with one attached hydrogen (secondary N) is 1. The summed E-state index contributed by atoms with van der Waals surface area (Å²) in [6, 6.07) is 7.98. The number of benzene rings is 1. The molecule has 0 saturated carbocycles. The normalized spacial score (nSPS) is 12.7. The maximum Gasteiger partial charge on any atom is 0.255 e. The van der Waals surface area contributed by atoms with Crippen molar-refractivity contribution in [2.24, 2.45) is 0 Å². The Kier molecular flexibility index (Phi) is 8.06. The van der Waals surface area contributed by atoms with Crippen LogP contribution in [0.3, 0.4) is 0 Å². The average molecular weight is 361 g/mol. The molecule has 6 heteroatoms. The van der Waals surface area contributed by atoms with E-state index in [1.165, 1.54) is 0 Å². The molecule has 0 saturated heterocycles. The van der Waals surface area contributed by atoms with Gasteiger partial charge in [-0.3, -0.25) is 10.1 Å². The second-order valence-corrected chi connectivity index (χ2v) is 6.46. The molecule has 0 bridgehead atoms. The number of hydrogen-bond acceptors (Lipinski definition) is 4. The Morgan fingerprint density at radius 3 is 2.69 bits per heavy atom. The van der Waals surface area contributed by atoms with Crippen molar-refractivity contribution in [1.82, 2.24) is 14.5 Å². The van der Waals surface area contributed by atoms with E-state index in [0.717, 1.165) is 50.1 Å². The number of amides is 1. The SMILES string of the molecule is CCCCOC(C)C(=O)Nc1nc2ccccc2n1CCN(CC)CC. The van der Waals surface area contributed by atoms with Gasteiger partial charge in [-0.1, -0.05) is 39.3 Å². The minimum Gasteiger partial charge on any atom is -0.369 e. The van der Waals surface area contributed by atoms with E-state index in [2.05, 4.69) is 40.5 Å². The number of fused-ring (bicyclic) bond motifs is 1. The highest BCUT2D eigenvalue weighted by Crippen LogP contribution is 2.20. The zero-order chi connectivity index (χ0) is 18.9. The summed E-state index contributed by atoms with van der Waals surface area (Å²) in [6.45, 7) is 12.5. The maximum atomic E-state index is 12.5. The second-order valence-electron chi connectivity index (χ2n) is 6.46. The Morgan fingerprint density at radius 2 is 2.00 bits per heavy atom. The van der Waals surface area contributed by atoms with Crippen molar-refractivity contribution in [3.05, 3.63) is 24.3 Å². The van der Waals surface area contributed by atoms with Crippen LogP contribution in [0.5, 0.6) is 0 Å². The molecule has 0 radical (unpaired) electrons. The Labute approximate surface area is 156 Å². The van der Waals surface area contributed by atoms with E-state index in [0.29, 0.717) is 12.6 Å². The van der Waals surface area contributed by atoms with Gasteiger partial charge in [0, 0.05) is 19.7 Å². The highest BCUT2D eigenvalue weighted by atomic mass is 16.5. The number of aromatic nitrogens is 2. The smallest absolute Gasteiger partial charge is 0.255 e. The number of ether oxygens (including phenoxy) is 1.